The van der Waals surface area contributed by atoms with Crippen LogP contribution in [0.5, 0.6) is 0 Å². The fraction of sp³-hybridized carbons (Fsp3) is 0.600. The molecule has 0 saturated carbocycles. The zero-order chi connectivity index (χ0) is 12.5. The van der Waals surface area contributed by atoms with E-state index in [0.717, 1.165) is 0 Å². The Bertz CT molecular complexity index is 396. The van der Waals surface area contributed by atoms with Gasteiger partial charge in [-0.2, -0.15) is 10.2 Å². The summed E-state index contributed by atoms with van der Waals surface area (Å²) in [5, 5.41) is 17.5. The zero-order valence-corrected chi connectivity index (χ0v) is 9.69. The number of amides is 1. The largest absolute Gasteiger partial charge is 0.354 e. The molecule has 0 aliphatic rings. The average molecular weight is 237 g/mol. The van der Waals surface area contributed by atoms with E-state index in [1.54, 1.807) is 6.92 Å². The van der Waals surface area contributed by atoms with Crippen LogP contribution in [0.3, 0.4) is 0 Å². The highest BCUT2D eigenvalue weighted by Crippen LogP contribution is 1.95. The van der Waals surface area contributed by atoms with E-state index in [-0.39, 0.29) is 12.5 Å². The quantitative estimate of drug-likeness (QED) is 0.622. The van der Waals surface area contributed by atoms with E-state index in [1.807, 2.05) is 6.07 Å². The molecule has 92 valence electrons. The van der Waals surface area contributed by atoms with Gasteiger partial charge in [0, 0.05) is 19.5 Å². The molecule has 0 radical (unpaired) electrons. The molecule has 0 atom stereocenters. The first kappa shape index (κ1) is 13.1. The van der Waals surface area contributed by atoms with Crippen LogP contribution in [0.1, 0.15) is 18.1 Å². The van der Waals surface area contributed by atoms with Crippen molar-refractivity contribution >= 4 is 5.91 Å². The van der Waals surface area contributed by atoms with Gasteiger partial charge in [0.05, 0.1) is 19.0 Å². The third kappa shape index (κ3) is 5.63. The Balaban J connectivity index is 2.04. The summed E-state index contributed by atoms with van der Waals surface area (Å²) in [5.74, 6) is 1.04. The van der Waals surface area contributed by atoms with Gasteiger partial charge in [-0.25, -0.2) is 0 Å². The van der Waals surface area contributed by atoms with Gasteiger partial charge in [-0.15, -0.1) is 0 Å². The van der Waals surface area contributed by atoms with Crippen LogP contribution in [0.2, 0.25) is 0 Å². The normalized spacial score (nSPS) is 9.88. The predicted molar refractivity (Wildman–Crippen MR) is 58.8 cm³/mol. The van der Waals surface area contributed by atoms with Gasteiger partial charge in [0.25, 0.3) is 0 Å². The van der Waals surface area contributed by atoms with Gasteiger partial charge >= 0.3 is 0 Å². The first-order chi connectivity index (χ1) is 8.22. The minimum absolute atomic E-state index is 0.123. The fourth-order valence-corrected chi connectivity index (χ4v) is 1.16. The number of hydrogen-bond acceptors (Lipinski definition) is 6. The smallest absolute Gasteiger partial charge is 0.233 e. The highest BCUT2D eigenvalue weighted by molar-refractivity contribution is 5.77. The first-order valence-electron chi connectivity index (χ1n) is 5.36. The van der Waals surface area contributed by atoms with E-state index in [0.29, 0.717) is 37.6 Å². The van der Waals surface area contributed by atoms with E-state index in [4.69, 9.17) is 9.78 Å². The lowest BCUT2D eigenvalue weighted by molar-refractivity contribution is -0.120. The molecule has 0 spiro atoms. The second-order valence-electron chi connectivity index (χ2n) is 3.42. The van der Waals surface area contributed by atoms with Gasteiger partial charge in [-0.3, -0.25) is 4.79 Å². The molecule has 0 aliphatic carbocycles. The standard InChI is InChI=1S/C10H15N5O2/c1-8-14-10(17-15-8)3-6-12-7-9(16)13-5-2-4-11/h12H,2-3,5-7H2,1H3,(H,13,16). The summed E-state index contributed by atoms with van der Waals surface area (Å²) >= 11 is 0. The number of hydrogen-bond donors (Lipinski definition) is 2. The summed E-state index contributed by atoms with van der Waals surface area (Å²) in [5.41, 5.74) is 0. The number of aryl methyl sites for hydroxylation is 1. The summed E-state index contributed by atoms with van der Waals surface area (Å²) in [4.78, 5) is 15.2. The molecule has 0 saturated heterocycles. The highest BCUT2D eigenvalue weighted by atomic mass is 16.5. The molecule has 1 aromatic heterocycles. The van der Waals surface area contributed by atoms with Crippen molar-refractivity contribution < 1.29 is 9.32 Å². The maximum absolute atomic E-state index is 11.2. The van der Waals surface area contributed by atoms with Crippen molar-refractivity contribution in [1.82, 2.24) is 20.8 Å². The van der Waals surface area contributed by atoms with Crippen LogP contribution >= 0.6 is 0 Å². The Kier molecular flexibility index (Phi) is 5.68. The summed E-state index contributed by atoms with van der Waals surface area (Å²) in [6, 6.07) is 1.95. The molecule has 0 fully saturated rings. The van der Waals surface area contributed by atoms with Crippen molar-refractivity contribution in [3.05, 3.63) is 11.7 Å². The van der Waals surface area contributed by atoms with Gasteiger partial charge in [0.1, 0.15) is 0 Å². The fourth-order valence-electron chi connectivity index (χ4n) is 1.16. The molecule has 7 nitrogen and oxygen atoms in total. The van der Waals surface area contributed by atoms with Crippen molar-refractivity contribution in [3.63, 3.8) is 0 Å². The van der Waals surface area contributed by atoms with Crippen LogP contribution in [0, 0.1) is 18.3 Å². The number of carbonyl (C=O) groups excluding carboxylic acids is 1. The van der Waals surface area contributed by atoms with Gasteiger partial charge < -0.3 is 15.2 Å². The second kappa shape index (κ2) is 7.35. The van der Waals surface area contributed by atoms with Crippen LogP contribution in [0.25, 0.3) is 0 Å². The Morgan fingerprint density at radius 2 is 2.35 bits per heavy atom. The van der Waals surface area contributed by atoms with Gasteiger partial charge in [-0.05, 0) is 6.92 Å². The SMILES string of the molecule is Cc1noc(CCNCC(=O)NCCC#N)n1. The van der Waals surface area contributed by atoms with Crippen molar-refractivity contribution in [2.45, 2.75) is 19.8 Å². The summed E-state index contributed by atoms with van der Waals surface area (Å²) < 4.78 is 4.91. The summed E-state index contributed by atoms with van der Waals surface area (Å²) in [7, 11) is 0. The molecule has 0 unspecified atom stereocenters. The maximum Gasteiger partial charge on any atom is 0.233 e. The number of carbonyl (C=O) groups is 1. The molecule has 0 bridgehead atoms. The van der Waals surface area contributed by atoms with E-state index < -0.39 is 0 Å². The topological polar surface area (TPSA) is 104 Å². The van der Waals surface area contributed by atoms with E-state index in [9.17, 15) is 4.79 Å². The molecule has 7 heteroatoms. The minimum Gasteiger partial charge on any atom is -0.354 e. The van der Waals surface area contributed by atoms with Crippen molar-refractivity contribution in [2.75, 3.05) is 19.6 Å². The Hall–Kier alpha value is -1.94. The lowest BCUT2D eigenvalue weighted by Crippen LogP contribution is -2.35. The average Bonchev–Trinajstić information content (AvgIpc) is 2.71. The lowest BCUT2D eigenvalue weighted by atomic mass is 10.4. The third-order valence-electron chi connectivity index (χ3n) is 1.93. The van der Waals surface area contributed by atoms with Crippen molar-refractivity contribution in [2.24, 2.45) is 0 Å². The molecule has 0 aliphatic heterocycles. The summed E-state index contributed by atoms with van der Waals surface area (Å²) in [6.45, 7) is 2.95. The van der Waals surface area contributed by atoms with Gasteiger partial charge in [0.2, 0.25) is 11.8 Å². The van der Waals surface area contributed by atoms with Crippen molar-refractivity contribution in [3.8, 4) is 6.07 Å². The molecular formula is C10H15N5O2. The van der Waals surface area contributed by atoms with Crippen LogP contribution in [-0.4, -0.2) is 35.7 Å². The lowest BCUT2D eigenvalue weighted by Gasteiger charge is -2.03. The molecule has 1 heterocycles. The maximum atomic E-state index is 11.2. The summed E-state index contributed by atoms with van der Waals surface area (Å²) in [6.07, 6.45) is 0.916. The number of rotatable bonds is 7. The predicted octanol–water partition coefficient (Wildman–Crippen LogP) is -0.460. The van der Waals surface area contributed by atoms with Gasteiger partial charge in [-0.1, -0.05) is 5.16 Å². The molecule has 17 heavy (non-hydrogen) atoms. The Morgan fingerprint density at radius 1 is 1.53 bits per heavy atom. The number of nitriles is 1. The highest BCUT2D eigenvalue weighted by Gasteiger charge is 2.03. The monoisotopic (exact) mass is 237 g/mol. The van der Waals surface area contributed by atoms with E-state index in [1.165, 1.54) is 0 Å². The molecule has 0 aromatic carbocycles. The Morgan fingerprint density at radius 3 is 3.00 bits per heavy atom. The number of nitrogens with zero attached hydrogens (tertiary/aromatic N) is 3. The van der Waals surface area contributed by atoms with Crippen LogP contribution in [0.15, 0.2) is 4.52 Å². The molecule has 2 N–H and O–H groups in total. The molecule has 1 rings (SSSR count). The zero-order valence-electron chi connectivity index (χ0n) is 9.69. The number of aromatic nitrogens is 2. The third-order valence-corrected chi connectivity index (χ3v) is 1.93. The van der Waals surface area contributed by atoms with Crippen molar-refractivity contribution in [1.29, 1.82) is 5.26 Å². The van der Waals surface area contributed by atoms with E-state index >= 15 is 0 Å². The molecule has 1 aromatic rings. The number of nitrogens with one attached hydrogen (secondary N) is 2. The minimum atomic E-state index is -0.123. The second-order valence-corrected chi connectivity index (χ2v) is 3.42. The van der Waals surface area contributed by atoms with Crippen LogP contribution in [-0.2, 0) is 11.2 Å². The first-order valence-corrected chi connectivity index (χ1v) is 5.36. The molecular weight excluding hydrogens is 222 g/mol. The van der Waals surface area contributed by atoms with Gasteiger partial charge in [0.15, 0.2) is 5.82 Å². The van der Waals surface area contributed by atoms with E-state index in [2.05, 4.69) is 20.8 Å². The Labute approximate surface area is 99.2 Å². The van der Waals surface area contributed by atoms with Crippen LogP contribution in [0.4, 0.5) is 0 Å². The molecule has 1 amide bonds. The van der Waals surface area contributed by atoms with Crippen LogP contribution < -0.4 is 10.6 Å².